The zero-order chi connectivity index (χ0) is 14.7. The molecule has 3 N–H and O–H groups in total. The maximum Gasteiger partial charge on any atom is 0.255 e. The van der Waals surface area contributed by atoms with Crippen molar-refractivity contribution in [3.05, 3.63) is 53.6 Å². The summed E-state index contributed by atoms with van der Waals surface area (Å²) in [5.41, 5.74) is 2.00. The molecule has 0 saturated heterocycles. The van der Waals surface area contributed by atoms with Crippen molar-refractivity contribution in [1.82, 2.24) is 5.32 Å². The number of benzene rings is 2. The average molecular weight is 284 g/mol. The fourth-order valence-electron chi connectivity index (χ4n) is 2.28. The minimum atomic E-state index is -0.223. The van der Waals surface area contributed by atoms with Crippen molar-refractivity contribution in [2.24, 2.45) is 0 Å². The van der Waals surface area contributed by atoms with Crippen LogP contribution in [0.2, 0.25) is 0 Å². The van der Waals surface area contributed by atoms with E-state index < -0.39 is 0 Å². The van der Waals surface area contributed by atoms with Gasteiger partial charge in [-0.2, -0.15) is 0 Å². The lowest BCUT2D eigenvalue weighted by Crippen LogP contribution is -2.26. The number of ether oxygens (including phenoxy) is 1. The molecule has 0 spiro atoms. The van der Waals surface area contributed by atoms with Crippen molar-refractivity contribution in [2.45, 2.75) is 6.54 Å². The minimum Gasteiger partial charge on any atom is -0.508 e. The van der Waals surface area contributed by atoms with Crippen LogP contribution < -0.4 is 15.4 Å². The molecule has 0 aliphatic carbocycles. The van der Waals surface area contributed by atoms with Crippen molar-refractivity contribution in [2.75, 3.05) is 18.5 Å². The number of rotatable bonds is 3. The topological polar surface area (TPSA) is 70.6 Å². The second-order valence-corrected chi connectivity index (χ2v) is 4.77. The summed E-state index contributed by atoms with van der Waals surface area (Å²) in [6, 6.07) is 12.4. The number of amides is 1. The predicted molar refractivity (Wildman–Crippen MR) is 79.7 cm³/mol. The molecule has 0 atom stereocenters. The van der Waals surface area contributed by atoms with E-state index in [0.717, 1.165) is 12.2 Å². The first-order valence-electron chi connectivity index (χ1n) is 6.80. The van der Waals surface area contributed by atoms with E-state index in [1.54, 1.807) is 24.3 Å². The Morgan fingerprint density at radius 1 is 1.24 bits per heavy atom. The monoisotopic (exact) mass is 284 g/mol. The van der Waals surface area contributed by atoms with Gasteiger partial charge in [0.25, 0.3) is 5.91 Å². The highest BCUT2D eigenvalue weighted by Gasteiger charge is 2.18. The zero-order valence-corrected chi connectivity index (χ0v) is 11.4. The molecule has 2 aromatic rings. The van der Waals surface area contributed by atoms with Gasteiger partial charge in [-0.1, -0.05) is 24.3 Å². The van der Waals surface area contributed by atoms with Gasteiger partial charge in [-0.25, -0.2) is 0 Å². The molecule has 1 aliphatic rings. The molecule has 0 aromatic heterocycles. The van der Waals surface area contributed by atoms with Crippen molar-refractivity contribution in [1.29, 1.82) is 0 Å². The molecule has 0 bridgehead atoms. The molecule has 1 amide bonds. The second kappa shape index (κ2) is 5.75. The minimum absolute atomic E-state index is 0.172. The van der Waals surface area contributed by atoms with Crippen LogP contribution in [0, 0.1) is 0 Å². The van der Waals surface area contributed by atoms with Crippen molar-refractivity contribution >= 4 is 11.6 Å². The van der Waals surface area contributed by atoms with Crippen LogP contribution in [-0.4, -0.2) is 24.2 Å². The van der Waals surface area contributed by atoms with Crippen LogP contribution in [0.3, 0.4) is 0 Å². The zero-order valence-electron chi connectivity index (χ0n) is 11.4. The second-order valence-electron chi connectivity index (χ2n) is 4.77. The van der Waals surface area contributed by atoms with Gasteiger partial charge < -0.3 is 20.5 Å². The summed E-state index contributed by atoms with van der Waals surface area (Å²) in [4.78, 5) is 12.3. The van der Waals surface area contributed by atoms with Gasteiger partial charge in [-0.3, -0.25) is 4.79 Å². The third-order valence-electron chi connectivity index (χ3n) is 3.35. The highest BCUT2D eigenvalue weighted by atomic mass is 16.5. The molecule has 0 saturated carbocycles. The van der Waals surface area contributed by atoms with Gasteiger partial charge in [0.2, 0.25) is 0 Å². The van der Waals surface area contributed by atoms with Gasteiger partial charge in [-0.15, -0.1) is 0 Å². The number of hydrogen-bond donors (Lipinski definition) is 3. The summed E-state index contributed by atoms with van der Waals surface area (Å²) in [7, 11) is 0. The molecule has 0 radical (unpaired) electrons. The number of carbonyl (C=O) groups excluding carboxylic acids is 1. The Balaban J connectivity index is 1.76. The summed E-state index contributed by atoms with van der Waals surface area (Å²) >= 11 is 0. The standard InChI is InChI=1S/C16H16N2O3/c19-14-7-2-1-4-11(14)10-18-16(20)12-5-3-6-13-15(12)21-9-8-17-13/h1-7,17,19H,8-10H2,(H,18,20). The summed E-state index contributed by atoms with van der Waals surface area (Å²) in [5.74, 6) is 0.531. The van der Waals surface area contributed by atoms with Gasteiger partial charge in [0.15, 0.2) is 5.75 Å². The van der Waals surface area contributed by atoms with Crippen LogP contribution in [0.25, 0.3) is 0 Å². The molecule has 0 unspecified atom stereocenters. The van der Waals surface area contributed by atoms with E-state index in [4.69, 9.17) is 4.74 Å². The number of phenolic OH excluding ortho intramolecular Hbond substituents is 1. The molecule has 2 aromatic carbocycles. The average Bonchev–Trinajstić information content (AvgIpc) is 2.53. The number of aromatic hydroxyl groups is 1. The molecule has 5 heteroatoms. The van der Waals surface area contributed by atoms with Crippen LogP contribution >= 0.6 is 0 Å². The third kappa shape index (κ3) is 2.76. The van der Waals surface area contributed by atoms with Gasteiger partial charge >= 0.3 is 0 Å². The van der Waals surface area contributed by atoms with E-state index in [-0.39, 0.29) is 18.2 Å². The molecule has 3 rings (SSSR count). The van der Waals surface area contributed by atoms with Gasteiger partial charge in [0, 0.05) is 18.7 Å². The van der Waals surface area contributed by atoms with Crippen LogP contribution in [0.1, 0.15) is 15.9 Å². The van der Waals surface area contributed by atoms with Crippen LogP contribution in [0.15, 0.2) is 42.5 Å². The Labute approximate surface area is 122 Å². The first-order chi connectivity index (χ1) is 10.3. The van der Waals surface area contributed by atoms with Crippen LogP contribution in [0.5, 0.6) is 11.5 Å². The van der Waals surface area contributed by atoms with E-state index in [1.807, 2.05) is 18.2 Å². The fraction of sp³-hybridized carbons (Fsp3) is 0.188. The van der Waals surface area contributed by atoms with Gasteiger partial charge in [-0.05, 0) is 18.2 Å². The van der Waals surface area contributed by atoms with Gasteiger partial charge in [0.05, 0.1) is 11.3 Å². The quantitative estimate of drug-likeness (QED) is 0.807. The highest BCUT2D eigenvalue weighted by molar-refractivity contribution is 5.98. The highest BCUT2D eigenvalue weighted by Crippen LogP contribution is 2.31. The molecule has 108 valence electrons. The van der Waals surface area contributed by atoms with E-state index in [9.17, 15) is 9.90 Å². The molecule has 1 heterocycles. The van der Waals surface area contributed by atoms with Crippen molar-refractivity contribution in [3.63, 3.8) is 0 Å². The number of phenols is 1. The Hall–Kier alpha value is -2.69. The lowest BCUT2D eigenvalue weighted by atomic mass is 10.1. The van der Waals surface area contributed by atoms with E-state index in [0.29, 0.717) is 23.5 Å². The first kappa shape index (κ1) is 13.3. The summed E-state index contributed by atoms with van der Waals surface area (Å²) < 4.78 is 5.58. The molecule has 5 nitrogen and oxygen atoms in total. The van der Waals surface area contributed by atoms with Crippen molar-refractivity contribution < 1.29 is 14.6 Å². The van der Waals surface area contributed by atoms with Gasteiger partial charge in [0.1, 0.15) is 12.4 Å². The number of fused-ring (bicyclic) bond motifs is 1. The number of carbonyl (C=O) groups is 1. The molecular formula is C16H16N2O3. The van der Waals surface area contributed by atoms with E-state index in [2.05, 4.69) is 10.6 Å². The molecular weight excluding hydrogens is 268 g/mol. The SMILES string of the molecule is O=C(NCc1ccccc1O)c1cccc2c1OCCN2. The fourth-order valence-corrected chi connectivity index (χ4v) is 2.28. The number of anilines is 1. The molecule has 1 aliphatic heterocycles. The first-order valence-corrected chi connectivity index (χ1v) is 6.80. The third-order valence-corrected chi connectivity index (χ3v) is 3.35. The van der Waals surface area contributed by atoms with Crippen LogP contribution in [0.4, 0.5) is 5.69 Å². The number of nitrogens with one attached hydrogen (secondary N) is 2. The van der Waals surface area contributed by atoms with E-state index in [1.165, 1.54) is 0 Å². The Bertz CT molecular complexity index is 670. The summed E-state index contributed by atoms with van der Waals surface area (Å²) in [5, 5.41) is 15.7. The normalized spacial score (nSPS) is 12.8. The smallest absolute Gasteiger partial charge is 0.255 e. The Morgan fingerprint density at radius 3 is 2.95 bits per heavy atom. The maximum atomic E-state index is 12.3. The van der Waals surface area contributed by atoms with Crippen molar-refractivity contribution in [3.8, 4) is 11.5 Å². The predicted octanol–water partition coefficient (Wildman–Crippen LogP) is 2.13. The molecule has 0 fully saturated rings. The maximum absolute atomic E-state index is 12.3. The Morgan fingerprint density at radius 2 is 2.10 bits per heavy atom. The number of para-hydroxylation sites is 2. The largest absolute Gasteiger partial charge is 0.508 e. The van der Waals surface area contributed by atoms with E-state index >= 15 is 0 Å². The Kier molecular flexibility index (Phi) is 3.64. The lowest BCUT2D eigenvalue weighted by molar-refractivity contribution is 0.0946. The molecule has 21 heavy (non-hydrogen) atoms. The number of hydrogen-bond acceptors (Lipinski definition) is 4. The summed E-state index contributed by atoms with van der Waals surface area (Å²) in [6.07, 6.45) is 0. The lowest BCUT2D eigenvalue weighted by Gasteiger charge is -2.21. The summed E-state index contributed by atoms with van der Waals surface area (Å²) in [6.45, 7) is 1.54. The van der Waals surface area contributed by atoms with Crippen LogP contribution in [-0.2, 0) is 6.54 Å².